The van der Waals surface area contributed by atoms with Crippen LogP contribution in [0.1, 0.15) is 38.2 Å². The summed E-state index contributed by atoms with van der Waals surface area (Å²) in [6.07, 6.45) is 5.14. The number of nitrogens with two attached hydrogens (primary N) is 1. The van der Waals surface area contributed by atoms with Crippen LogP contribution >= 0.6 is 0 Å². The fraction of sp³-hybridized carbons (Fsp3) is 0.533. The van der Waals surface area contributed by atoms with Gasteiger partial charge >= 0.3 is 0 Å². The molecule has 1 amide bonds. The van der Waals surface area contributed by atoms with Gasteiger partial charge in [-0.15, -0.1) is 0 Å². The number of amides is 1. The van der Waals surface area contributed by atoms with E-state index >= 15 is 0 Å². The van der Waals surface area contributed by atoms with E-state index in [4.69, 9.17) is 5.73 Å². The molecule has 18 heavy (non-hydrogen) atoms. The molecule has 1 aromatic rings. The minimum absolute atomic E-state index is 0.150. The molecular formula is C15H22N2O. The van der Waals surface area contributed by atoms with Crippen LogP contribution in [0.15, 0.2) is 24.3 Å². The van der Waals surface area contributed by atoms with Gasteiger partial charge in [0.05, 0.1) is 0 Å². The van der Waals surface area contributed by atoms with Gasteiger partial charge in [0.2, 0.25) is 5.91 Å². The molecule has 0 aromatic heterocycles. The van der Waals surface area contributed by atoms with E-state index in [2.05, 4.69) is 12.2 Å². The number of carbonyl (C=O) groups is 1. The normalized spacial score (nSPS) is 16.9. The van der Waals surface area contributed by atoms with Gasteiger partial charge in [-0.05, 0) is 49.8 Å². The van der Waals surface area contributed by atoms with Crippen LogP contribution in [0.25, 0.3) is 0 Å². The van der Waals surface area contributed by atoms with Crippen molar-refractivity contribution in [3.8, 4) is 0 Å². The number of benzene rings is 1. The van der Waals surface area contributed by atoms with Gasteiger partial charge in [-0.25, -0.2) is 0 Å². The molecule has 0 spiro atoms. The van der Waals surface area contributed by atoms with Crippen LogP contribution in [0.4, 0.5) is 5.69 Å². The Morgan fingerprint density at radius 2 is 2.28 bits per heavy atom. The average molecular weight is 246 g/mol. The van der Waals surface area contributed by atoms with Gasteiger partial charge in [0.1, 0.15) is 0 Å². The van der Waals surface area contributed by atoms with Crippen molar-refractivity contribution in [1.82, 2.24) is 5.32 Å². The van der Waals surface area contributed by atoms with Crippen molar-refractivity contribution >= 4 is 11.6 Å². The number of nitrogens with one attached hydrogen (secondary N) is 1. The maximum atomic E-state index is 11.8. The standard InChI is InChI=1S/C15H22N2O/c1-11(13-5-3-6-13)17-15(18)9-8-12-4-2-7-14(16)10-12/h2,4,7,10-11,13H,3,5-6,8-9,16H2,1H3,(H,17,18). The highest BCUT2D eigenvalue weighted by Crippen LogP contribution is 2.29. The number of carbonyl (C=O) groups excluding carboxylic acids is 1. The second-order valence-corrected chi connectivity index (χ2v) is 5.29. The molecule has 2 rings (SSSR count). The molecule has 1 unspecified atom stereocenters. The summed E-state index contributed by atoms with van der Waals surface area (Å²) in [5, 5.41) is 3.10. The van der Waals surface area contributed by atoms with Crippen molar-refractivity contribution in [3.63, 3.8) is 0 Å². The number of hydrogen-bond acceptors (Lipinski definition) is 2. The highest BCUT2D eigenvalue weighted by atomic mass is 16.1. The minimum atomic E-state index is 0.150. The van der Waals surface area contributed by atoms with Crippen LogP contribution in [-0.4, -0.2) is 11.9 Å². The summed E-state index contributed by atoms with van der Waals surface area (Å²) >= 11 is 0. The third-order valence-corrected chi connectivity index (χ3v) is 3.84. The van der Waals surface area contributed by atoms with E-state index in [9.17, 15) is 4.79 Å². The van der Waals surface area contributed by atoms with Crippen molar-refractivity contribution in [2.24, 2.45) is 5.92 Å². The van der Waals surface area contributed by atoms with Crippen LogP contribution in [0.3, 0.4) is 0 Å². The zero-order chi connectivity index (χ0) is 13.0. The number of rotatable bonds is 5. The van der Waals surface area contributed by atoms with Gasteiger partial charge in [-0.3, -0.25) is 4.79 Å². The van der Waals surface area contributed by atoms with Crippen molar-refractivity contribution in [3.05, 3.63) is 29.8 Å². The summed E-state index contributed by atoms with van der Waals surface area (Å²) in [7, 11) is 0. The van der Waals surface area contributed by atoms with Gasteiger partial charge in [0, 0.05) is 18.2 Å². The van der Waals surface area contributed by atoms with Gasteiger partial charge < -0.3 is 11.1 Å². The topological polar surface area (TPSA) is 55.1 Å². The molecule has 0 aliphatic heterocycles. The Morgan fingerprint density at radius 1 is 1.50 bits per heavy atom. The fourth-order valence-electron chi connectivity index (χ4n) is 2.39. The number of aryl methyl sites for hydroxylation is 1. The first kappa shape index (κ1) is 12.9. The predicted molar refractivity (Wildman–Crippen MR) is 74.1 cm³/mol. The smallest absolute Gasteiger partial charge is 0.220 e. The van der Waals surface area contributed by atoms with Crippen LogP contribution in [-0.2, 0) is 11.2 Å². The molecule has 0 saturated heterocycles. The van der Waals surface area contributed by atoms with E-state index in [1.54, 1.807) is 0 Å². The molecule has 3 N–H and O–H groups in total. The van der Waals surface area contributed by atoms with Crippen LogP contribution in [0, 0.1) is 5.92 Å². The second-order valence-electron chi connectivity index (χ2n) is 5.29. The molecule has 1 aliphatic carbocycles. The lowest BCUT2D eigenvalue weighted by molar-refractivity contribution is -0.122. The molecule has 1 atom stereocenters. The highest BCUT2D eigenvalue weighted by Gasteiger charge is 2.24. The molecule has 98 valence electrons. The number of nitrogen functional groups attached to an aromatic ring is 1. The molecule has 0 bridgehead atoms. The Kier molecular flexibility index (Phi) is 4.24. The van der Waals surface area contributed by atoms with E-state index in [1.807, 2.05) is 24.3 Å². The van der Waals surface area contributed by atoms with Crippen molar-refractivity contribution < 1.29 is 4.79 Å². The summed E-state index contributed by atoms with van der Waals surface area (Å²) in [6.45, 7) is 2.11. The summed E-state index contributed by atoms with van der Waals surface area (Å²) in [4.78, 5) is 11.8. The largest absolute Gasteiger partial charge is 0.399 e. The Labute approximate surface area is 109 Å². The van der Waals surface area contributed by atoms with Gasteiger partial charge in [-0.1, -0.05) is 18.6 Å². The van der Waals surface area contributed by atoms with Crippen LogP contribution < -0.4 is 11.1 Å². The molecule has 0 heterocycles. The van der Waals surface area contributed by atoms with Crippen molar-refractivity contribution in [2.75, 3.05) is 5.73 Å². The van der Waals surface area contributed by atoms with Crippen LogP contribution in [0.2, 0.25) is 0 Å². The molecule has 1 fully saturated rings. The quantitative estimate of drug-likeness (QED) is 0.784. The lowest BCUT2D eigenvalue weighted by atomic mass is 9.80. The molecule has 1 saturated carbocycles. The summed E-state index contributed by atoms with van der Waals surface area (Å²) in [5.74, 6) is 0.846. The van der Waals surface area contributed by atoms with Gasteiger partial charge in [-0.2, -0.15) is 0 Å². The fourth-order valence-corrected chi connectivity index (χ4v) is 2.39. The molecule has 1 aromatic carbocycles. The van der Waals surface area contributed by atoms with Crippen molar-refractivity contribution in [1.29, 1.82) is 0 Å². The Morgan fingerprint density at radius 3 is 2.89 bits per heavy atom. The summed E-state index contributed by atoms with van der Waals surface area (Å²) in [6, 6.07) is 8.07. The van der Waals surface area contributed by atoms with Crippen molar-refractivity contribution in [2.45, 2.75) is 45.1 Å². The lowest BCUT2D eigenvalue weighted by Gasteiger charge is -2.31. The first-order valence-corrected chi connectivity index (χ1v) is 6.79. The SMILES string of the molecule is CC(NC(=O)CCc1cccc(N)c1)C1CCC1. The van der Waals surface area contributed by atoms with Gasteiger partial charge in [0.15, 0.2) is 0 Å². The average Bonchev–Trinajstić information content (AvgIpc) is 2.24. The molecule has 0 radical (unpaired) electrons. The minimum Gasteiger partial charge on any atom is -0.399 e. The second kappa shape index (κ2) is 5.89. The summed E-state index contributed by atoms with van der Waals surface area (Å²) < 4.78 is 0. The zero-order valence-corrected chi connectivity index (χ0v) is 11.0. The Hall–Kier alpha value is -1.51. The van der Waals surface area contributed by atoms with E-state index in [0.717, 1.165) is 17.7 Å². The molecule has 3 heteroatoms. The maximum absolute atomic E-state index is 11.8. The van der Waals surface area contributed by atoms with E-state index in [1.165, 1.54) is 19.3 Å². The summed E-state index contributed by atoms with van der Waals surface area (Å²) in [5.41, 5.74) is 7.60. The zero-order valence-electron chi connectivity index (χ0n) is 11.0. The maximum Gasteiger partial charge on any atom is 0.220 e. The molecule has 1 aliphatic rings. The predicted octanol–water partition coefficient (Wildman–Crippen LogP) is 2.51. The Bertz CT molecular complexity index is 413. The Balaban J connectivity index is 1.74. The van der Waals surface area contributed by atoms with E-state index < -0.39 is 0 Å². The third kappa shape index (κ3) is 3.49. The van der Waals surface area contributed by atoms with Crippen LogP contribution in [0.5, 0.6) is 0 Å². The monoisotopic (exact) mass is 246 g/mol. The number of anilines is 1. The first-order valence-electron chi connectivity index (χ1n) is 6.79. The first-order chi connectivity index (χ1) is 8.65. The third-order valence-electron chi connectivity index (χ3n) is 3.84. The molecule has 3 nitrogen and oxygen atoms in total. The number of hydrogen-bond donors (Lipinski definition) is 2. The highest BCUT2D eigenvalue weighted by molar-refractivity contribution is 5.76. The van der Waals surface area contributed by atoms with E-state index in [-0.39, 0.29) is 5.91 Å². The molecular weight excluding hydrogens is 224 g/mol. The lowest BCUT2D eigenvalue weighted by Crippen LogP contribution is -2.40. The van der Waals surface area contributed by atoms with Gasteiger partial charge in [0.25, 0.3) is 0 Å². The van der Waals surface area contributed by atoms with E-state index in [0.29, 0.717) is 18.4 Å².